The van der Waals surface area contributed by atoms with Crippen LogP contribution in [0.5, 0.6) is 0 Å². The van der Waals surface area contributed by atoms with Crippen LogP contribution in [-0.4, -0.2) is 36.5 Å². The molecule has 0 aromatic heterocycles. The topological polar surface area (TPSA) is 32.3 Å². The molecule has 1 aliphatic heterocycles. The Morgan fingerprint density at radius 1 is 1.25 bits per heavy atom. The number of carbonyl (C=O) groups excluding carboxylic acids is 1. The van der Waals surface area contributed by atoms with Crippen LogP contribution in [0.25, 0.3) is 0 Å². The molecule has 3 nitrogen and oxygen atoms in total. The molecule has 1 saturated heterocycles. The molecular formula is C13H23N2O. The van der Waals surface area contributed by atoms with Crippen LogP contribution in [-0.2, 0) is 4.79 Å². The Bertz CT molecular complexity index is 218. The van der Waals surface area contributed by atoms with Gasteiger partial charge in [-0.1, -0.05) is 0 Å². The molecule has 0 bridgehead atoms. The average molecular weight is 223 g/mol. The summed E-state index contributed by atoms with van der Waals surface area (Å²) in [5, 5.41) is 3.16. The monoisotopic (exact) mass is 223 g/mol. The molecule has 91 valence electrons. The predicted molar refractivity (Wildman–Crippen MR) is 65.0 cm³/mol. The maximum absolute atomic E-state index is 11.7. The molecule has 0 unspecified atom stereocenters. The van der Waals surface area contributed by atoms with Crippen molar-refractivity contribution < 1.29 is 4.79 Å². The van der Waals surface area contributed by atoms with Crippen molar-refractivity contribution >= 4 is 5.91 Å². The largest absolute Gasteiger partial charge is 0.353 e. The summed E-state index contributed by atoms with van der Waals surface area (Å²) in [6.45, 7) is 3.32. The van der Waals surface area contributed by atoms with Gasteiger partial charge in [0.1, 0.15) is 0 Å². The highest BCUT2D eigenvalue weighted by atomic mass is 16.1. The minimum Gasteiger partial charge on any atom is -0.353 e. The van der Waals surface area contributed by atoms with E-state index in [-0.39, 0.29) is 5.91 Å². The van der Waals surface area contributed by atoms with Crippen molar-refractivity contribution in [1.82, 2.24) is 10.2 Å². The van der Waals surface area contributed by atoms with Crippen molar-refractivity contribution in [1.29, 1.82) is 0 Å². The molecule has 0 aromatic rings. The number of hydrogen-bond donors (Lipinski definition) is 1. The van der Waals surface area contributed by atoms with Crippen LogP contribution in [0, 0.1) is 6.42 Å². The van der Waals surface area contributed by atoms with Crippen molar-refractivity contribution in [2.45, 2.75) is 51.0 Å². The van der Waals surface area contributed by atoms with Gasteiger partial charge in [-0.25, -0.2) is 0 Å². The molecule has 2 aliphatic rings. The number of likely N-dealkylation sites (tertiary alicyclic amines) is 1. The molecule has 16 heavy (non-hydrogen) atoms. The Hall–Kier alpha value is -0.570. The molecule has 1 heterocycles. The maximum Gasteiger partial charge on any atom is 0.221 e. The van der Waals surface area contributed by atoms with Crippen LogP contribution in [0.2, 0.25) is 0 Å². The molecule has 1 N–H and O–H groups in total. The molecule has 1 saturated carbocycles. The van der Waals surface area contributed by atoms with Gasteiger partial charge in [0, 0.05) is 19.0 Å². The lowest BCUT2D eigenvalue weighted by Crippen LogP contribution is -2.37. The Balaban J connectivity index is 1.59. The summed E-state index contributed by atoms with van der Waals surface area (Å²) in [6.07, 6.45) is 10.2. The molecular weight excluding hydrogens is 200 g/mol. The number of carbonyl (C=O) groups is 1. The second kappa shape index (κ2) is 6.24. The van der Waals surface area contributed by atoms with E-state index in [1.54, 1.807) is 0 Å². The molecule has 0 aromatic carbocycles. The van der Waals surface area contributed by atoms with Gasteiger partial charge < -0.3 is 10.2 Å². The number of nitrogens with zero attached hydrogens (tertiary/aromatic N) is 1. The predicted octanol–water partition coefficient (Wildman–Crippen LogP) is 1.74. The summed E-state index contributed by atoms with van der Waals surface area (Å²) in [7, 11) is 0. The number of nitrogens with one attached hydrogen (secondary N) is 1. The smallest absolute Gasteiger partial charge is 0.221 e. The summed E-state index contributed by atoms with van der Waals surface area (Å²) in [5.41, 5.74) is 0. The molecule has 0 spiro atoms. The van der Waals surface area contributed by atoms with Crippen LogP contribution >= 0.6 is 0 Å². The van der Waals surface area contributed by atoms with E-state index >= 15 is 0 Å². The summed E-state index contributed by atoms with van der Waals surface area (Å²) in [4.78, 5) is 14.1. The maximum atomic E-state index is 11.7. The zero-order chi connectivity index (χ0) is 11.2. The molecule has 0 atom stereocenters. The highest BCUT2D eigenvalue weighted by Gasteiger charge is 2.17. The lowest BCUT2D eigenvalue weighted by molar-refractivity contribution is -0.122. The zero-order valence-corrected chi connectivity index (χ0v) is 10.1. The van der Waals surface area contributed by atoms with Crippen LogP contribution in [0.1, 0.15) is 44.9 Å². The van der Waals surface area contributed by atoms with E-state index < -0.39 is 0 Å². The zero-order valence-electron chi connectivity index (χ0n) is 10.1. The fourth-order valence-electron chi connectivity index (χ4n) is 2.64. The lowest BCUT2D eigenvalue weighted by atomic mass is 9.95. The first kappa shape index (κ1) is 11.9. The fourth-order valence-corrected chi connectivity index (χ4v) is 2.64. The highest BCUT2D eigenvalue weighted by Crippen LogP contribution is 2.16. The third kappa shape index (κ3) is 3.78. The van der Waals surface area contributed by atoms with Crippen LogP contribution < -0.4 is 5.32 Å². The Morgan fingerprint density at radius 2 is 1.94 bits per heavy atom. The Labute approximate surface area is 98.6 Å². The first-order valence-corrected chi connectivity index (χ1v) is 6.68. The van der Waals surface area contributed by atoms with Gasteiger partial charge in [0.05, 0.1) is 0 Å². The molecule has 2 rings (SSSR count). The van der Waals surface area contributed by atoms with E-state index in [0.717, 1.165) is 32.2 Å². The normalized spacial score (nSPS) is 23.5. The first-order chi connectivity index (χ1) is 7.84. The van der Waals surface area contributed by atoms with Crippen molar-refractivity contribution in [3.8, 4) is 0 Å². The second-order valence-electron chi connectivity index (χ2n) is 5.01. The molecule has 1 radical (unpaired) electrons. The summed E-state index contributed by atoms with van der Waals surface area (Å²) in [5.74, 6) is 0.249. The SMILES string of the molecule is O=C(CCN1CCCC1)NC1CC[CH]CC1. The van der Waals surface area contributed by atoms with Gasteiger partial charge in [-0.05, 0) is 58.0 Å². The number of hydrogen-bond acceptors (Lipinski definition) is 2. The van der Waals surface area contributed by atoms with E-state index in [0.29, 0.717) is 12.5 Å². The molecule has 2 fully saturated rings. The van der Waals surface area contributed by atoms with Gasteiger partial charge in [-0.2, -0.15) is 0 Å². The second-order valence-corrected chi connectivity index (χ2v) is 5.01. The van der Waals surface area contributed by atoms with Gasteiger partial charge in [0.25, 0.3) is 0 Å². The molecule has 1 aliphatic carbocycles. The third-order valence-electron chi connectivity index (χ3n) is 3.66. The minimum atomic E-state index is 0.249. The van der Waals surface area contributed by atoms with Gasteiger partial charge >= 0.3 is 0 Å². The summed E-state index contributed by atoms with van der Waals surface area (Å²) in [6, 6.07) is 0.441. The van der Waals surface area contributed by atoms with E-state index in [9.17, 15) is 4.79 Å². The Kier molecular flexibility index (Phi) is 4.64. The minimum absolute atomic E-state index is 0.249. The first-order valence-electron chi connectivity index (χ1n) is 6.68. The summed E-state index contributed by atoms with van der Waals surface area (Å²) < 4.78 is 0. The van der Waals surface area contributed by atoms with Crippen molar-refractivity contribution in [2.75, 3.05) is 19.6 Å². The van der Waals surface area contributed by atoms with Crippen molar-refractivity contribution in [3.05, 3.63) is 6.42 Å². The van der Waals surface area contributed by atoms with E-state index in [1.165, 1.54) is 25.9 Å². The van der Waals surface area contributed by atoms with Gasteiger partial charge in [-0.15, -0.1) is 0 Å². The highest BCUT2D eigenvalue weighted by molar-refractivity contribution is 5.76. The standard InChI is InChI=1S/C13H23N2O/c16-13(8-11-15-9-4-5-10-15)14-12-6-2-1-3-7-12/h1,12H,2-11H2,(H,14,16). The third-order valence-corrected chi connectivity index (χ3v) is 3.66. The molecule has 3 heteroatoms. The fraction of sp³-hybridized carbons (Fsp3) is 0.846. The van der Waals surface area contributed by atoms with Crippen LogP contribution in [0.3, 0.4) is 0 Å². The number of amides is 1. The molecule has 1 amide bonds. The van der Waals surface area contributed by atoms with Gasteiger partial charge in [0.15, 0.2) is 0 Å². The number of rotatable bonds is 4. The lowest BCUT2D eigenvalue weighted by Gasteiger charge is -2.23. The van der Waals surface area contributed by atoms with Gasteiger partial charge in [0.2, 0.25) is 5.91 Å². The van der Waals surface area contributed by atoms with E-state index in [2.05, 4.69) is 16.6 Å². The van der Waals surface area contributed by atoms with Crippen LogP contribution in [0.4, 0.5) is 0 Å². The Morgan fingerprint density at radius 3 is 2.62 bits per heavy atom. The average Bonchev–Trinajstić information content (AvgIpc) is 2.81. The van der Waals surface area contributed by atoms with Crippen molar-refractivity contribution in [3.63, 3.8) is 0 Å². The van der Waals surface area contributed by atoms with Crippen LogP contribution in [0.15, 0.2) is 0 Å². The van der Waals surface area contributed by atoms with E-state index in [1.807, 2.05) is 0 Å². The summed E-state index contributed by atoms with van der Waals surface area (Å²) >= 11 is 0. The quantitative estimate of drug-likeness (QED) is 0.787. The van der Waals surface area contributed by atoms with Crippen molar-refractivity contribution in [2.24, 2.45) is 0 Å². The van der Waals surface area contributed by atoms with E-state index in [4.69, 9.17) is 0 Å². The van der Waals surface area contributed by atoms with Gasteiger partial charge in [-0.3, -0.25) is 4.79 Å².